The fraction of sp³-hybridized carbons (Fsp3) is 0.286. The summed E-state index contributed by atoms with van der Waals surface area (Å²) < 4.78 is 10.6. The first-order valence-electron chi connectivity index (χ1n) is 8.54. The molecule has 5 heteroatoms. The molecule has 0 aliphatic rings. The summed E-state index contributed by atoms with van der Waals surface area (Å²) in [5, 5.41) is 3.19. The van der Waals surface area contributed by atoms with Gasteiger partial charge in [0, 0.05) is 0 Å². The Labute approximate surface area is 159 Å². The minimum atomic E-state index is -0.463. The molecule has 4 nitrogen and oxygen atoms in total. The number of alkyl carbamates (subject to hydrolysis) is 1. The van der Waals surface area contributed by atoms with E-state index >= 15 is 0 Å². The molecule has 0 aliphatic heterocycles. The van der Waals surface area contributed by atoms with Crippen molar-refractivity contribution in [3.8, 4) is 5.75 Å². The van der Waals surface area contributed by atoms with E-state index in [1.165, 1.54) is 5.56 Å². The van der Waals surface area contributed by atoms with E-state index in [0.29, 0.717) is 23.9 Å². The Hall–Kier alpha value is -2.46. The summed E-state index contributed by atoms with van der Waals surface area (Å²) in [4.78, 5) is 11.5. The summed E-state index contributed by atoms with van der Waals surface area (Å²) in [5.74, 6) is 0.600. The number of carbonyl (C=O) groups excluding carboxylic acids is 1. The Morgan fingerprint density at radius 2 is 1.88 bits per heavy atom. The van der Waals surface area contributed by atoms with Gasteiger partial charge in [-0.15, -0.1) is 0 Å². The first kappa shape index (κ1) is 19.9. The summed E-state index contributed by atoms with van der Waals surface area (Å²) in [6.45, 7) is 4.82. The van der Waals surface area contributed by atoms with Gasteiger partial charge in [0.15, 0.2) is 0 Å². The predicted octanol–water partition coefficient (Wildman–Crippen LogP) is 5.00. The van der Waals surface area contributed by atoms with Crippen LogP contribution in [0.3, 0.4) is 0 Å². The molecule has 0 saturated carbocycles. The van der Waals surface area contributed by atoms with Gasteiger partial charge in [-0.1, -0.05) is 53.6 Å². The Bertz CT molecular complexity index is 740. The molecule has 26 heavy (non-hydrogen) atoms. The van der Waals surface area contributed by atoms with Crippen LogP contribution in [0, 0.1) is 0 Å². The Balaban J connectivity index is 1.74. The summed E-state index contributed by atoms with van der Waals surface area (Å²) in [7, 11) is 0. The second kappa shape index (κ2) is 10.5. The number of amides is 1. The standard InChI is InChI=1S/C21H24ClNO3/c1-16(2)10-12-26-21(24)23-11-13-25-20-9-8-18(15-19(20)22)14-17-6-4-3-5-7-17/h3-10,15H,11-14H2,1-2H3,(H,23,24). The fourth-order valence-corrected chi connectivity index (χ4v) is 2.51. The summed E-state index contributed by atoms with van der Waals surface area (Å²) >= 11 is 6.29. The molecule has 2 aromatic rings. The number of carbonyl (C=O) groups is 1. The first-order chi connectivity index (χ1) is 12.5. The van der Waals surface area contributed by atoms with Crippen LogP contribution in [0.4, 0.5) is 4.79 Å². The third kappa shape index (κ3) is 7.19. The molecule has 0 aromatic heterocycles. The van der Waals surface area contributed by atoms with Crippen LogP contribution in [0.5, 0.6) is 5.75 Å². The fourth-order valence-electron chi connectivity index (χ4n) is 2.25. The van der Waals surface area contributed by atoms with Crippen molar-refractivity contribution >= 4 is 17.7 Å². The Kier molecular flexibility index (Phi) is 8.03. The van der Waals surface area contributed by atoms with Crippen molar-refractivity contribution in [1.29, 1.82) is 0 Å². The van der Waals surface area contributed by atoms with E-state index in [2.05, 4.69) is 17.4 Å². The average molecular weight is 374 g/mol. The first-order valence-corrected chi connectivity index (χ1v) is 8.91. The molecule has 0 radical (unpaired) electrons. The van der Waals surface area contributed by atoms with Crippen LogP contribution in [-0.4, -0.2) is 25.9 Å². The maximum absolute atomic E-state index is 11.5. The van der Waals surface area contributed by atoms with Crippen LogP contribution >= 0.6 is 11.6 Å². The highest BCUT2D eigenvalue weighted by molar-refractivity contribution is 6.32. The van der Waals surface area contributed by atoms with E-state index in [1.54, 1.807) is 0 Å². The van der Waals surface area contributed by atoms with E-state index < -0.39 is 6.09 Å². The number of hydrogen-bond acceptors (Lipinski definition) is 3. The summed E-state index contributed by atoms with van der Waals surface area (Å²) in [6.07, 6.45) is 2.20. The molecule has 2 aromatic carbocycles. The van der Waals surface area contributed by atoms with E-state index in [4.69, 9.17) is 21.1 Å². The molecule has 0 bridgehead atoms. The third-order valence-electron chi connectivity index (χ3n) is 3.58. The monoisotopic (exact) mass is 373 g/mol. The van der Waals surface area contributed by atoms with Gasteiger partial charge in [-0.05, 0) is 49.6 Å². The second-order valence-corrected chi connectivity index (χ2v) is 6.49. The van der Waals surface area contributed by atoms with E-state index in [0.717, 1.165) is 17.6 Å². The van der Waals surface area contributed by atoms with Gasteiger partial charge in [0.2, 0.25) is 0 Å². The van der Waals surface area contributed by atoms with Crippen LogP contribution in [-0.2, 0) is 11.2 Å². The van der Waals surface area contributed by atoms with Crippen LogP contribution in [0.15, 0.2) is 60.2 Å². The number of halogens is 1. The molecular formula is C21H24ClNO3. The number of nitrogens with one attached hydrogen (secondary N) is 1. The molecule has 1 N–H and O–H groups in total. The molecule has 0 spiro atoms. The quantitative estimate of drug-likeness (QED) is 0.523. The average Bonchev–Trinajstić information content (AvgIpc) is 2.61. The smallest absolute Gasteiger partial charge is 0.407 e. The lowest BCUT2D eigenvalue weighted by Crippen LogP contribution is -2.28. The van der Waals surface area contributed by atoms with Crippen LogP contribution < -0.4 is 10.1 Å². The molecule has 0 unspecified atom stereocenters. The van der Waals surface area contributed by atoms with Crippen molar-refractivity contribution in [2.24, 2.45) is 0 Å². The summed E-state index contributed by atoms with van der Waals surface area (Å²) in [6, 6.07) is 16.0. The molecule has 138 valence electrons. The number of rotatable bonds is 8. The molecule has 0 atom stereocenters. The zero-order valence-electron chi connectivity index (χ0n) is 15.1. The normalized spacial score (nSPS) is 10.1. The lowest BCUT2D eigenvalue weighted by molar-refractivity contribution is 0.155. The third-order valence-corrected chi connectivity index (χ3v) is 3.88. The van der Waals surface area contributed by atoms with Crippen LogP contribution in [0.1, 0.15) is 25.0 Å². The number of hydrogen-bond donors (Lipinski definition) is 1. The maximum atomic E-state index is 11.5. The molecule has 1 amide bonds. The highest BCUT2D eigenvalue weighted by Gasteiger charge is 2.05. The Morgan fingerprint density at radius 3 is 2.58 bits per heavy atom. The van der Waals surface area contributed by atoms with Gasteiger partial charge in [0.05, 0.1) is 11.6 Å². The van der Waals surface area contributed by atoms with Gasteiger partial charge in [0.25, 0.3) is 0 Å². The SMILES string of the molecule is CC(C)=CCOC(=O)NCCOc1ccc(Cc2ccccc2)cc1Cl. The van der Waals surface area contributed by atoms with Crippen molar-refractivity contribution in [1.82, 2.24) is 5.32 Å². The molecule has 0 heterocycles. The molecule has 0 aliphatic carbocycles. The van der Waals surface area contributed by atoms with Crippen molar-refractivity contribution in [2.45, 2.75) is 20.3 Å². The lowest BCUT2D eigenvalue weighted by atomic mass is 10.1. The number of allylic oxidation sites excluding steroid dienone is 1. The van der Waals surface area contributed by atoms with E-state index in [-0.39, 0.29) is 6.61 Å². The van der Waals surface area contributed by atoms with Crippen molar-refractivity contribution in [3.05, 3.63) is 76.3 Å². The topological polar surface area (TPSA) is 47.6 Å². The van der Waals surface area contributed by atoms with Crippen molar-refractivity contribution in [3.63, 3.8) is 0 Å². The number of benzene rings is 2. The zero-order chi connectivity index (χ0) is 18.8. The number of ether oxygens (including phenoxy) is 2. The predicted molar refractivity (Wildman–Crippen MR) is 105 cm³/mol. The zero-order valence-corrected chi connectivity index (χ0v) is 15.9. The van der Waals surface area contributed by atoms with Gasteiger partial charge in [-0.3, -0.25) is 0 Å². The van der Waals surface area contributed by atoms with Crippen LogP contribution in [0.2, 0.25) is 5.02 Å². The molecule has 2 rings (SSSR count). The van der Waals surface area contributed by atoms with Gasteiger partial charge in [-0.2, -0.15) is 0 Å². The maximum Gasteiger partial charge on any atom is 0.407 e. The lowest BCUT2D eigenvalue weighted by Gasteiger charge is -2.10. The minimum absolute atomic E-state index is 0.268. The Morgan fingerprint density at radius 1 is 1.12 bits per heavy atom. The van der Waals surface area contributed by atoms with E-state index in [1.807, 2.05) is 56.3 Å². The van der Waals surface area contributed by atoms with Gasteiger partial charge in [0.1, 0.15) is 19.0 Å². The van der Waals surface area contributed by atoms with Crippen molar-refractivity contribution in [2.75, 3.05) is 19.8 Å². The highest BCUT2D eigenvalue weighted by Crippen LogP contribution is 2.26. The highest BCUT2D eigenvalue weighted by atomic mass is 35.5. The molecular weight excluding hydrogens is 350 g/mol. The summed E-state index contributed by atoms with van der Waals surface area (Å²) in [5.41, 5.74) is 3.45. The largest absolute Gasteiger partial charge is 0.490 e. The minimum Gasteiger partial charge on any atom is -0.490 e. The molecule has 0 saturated heterocycles. The van der Waals surface area contributed by atoms with Crippen molar-refractivity contribution < 1.29 is 14.3 Å². The van der Waals surface area contributed by atoms with E-state index in [9.17, 15) is 4.79 Å². The van der Waals surface area contributed by atoms with Gasteiger partial charge in [-0.25, -0.2) is 4.79 Å². The molecule has 0 fully saturated rings. The van der Waals surface area contributed by atoms with Crippen LogP contribution in [0.25, 0.3) is 0 Å². The second-order valence-electron chi connectivity index (χ2n) is 6.08. The van der Waals surface area contributed by atoms with Gasteiger partial charge < -0.3 is 14.8 Å². The van der Waals surface area contributed by atoms with Gasteiger partial charge >= 0.3 is 6.09 Å².